The van der Waals surface area contributed by atoms with E-state index in [1.807, 2.05) is 0 Å². The average molecular weight is 326 g/mol. The second-order valence-electron chi connectivity index (χ2n) is 5.63. The normalized spacial score (nSPS) is 20.2. The second kappa shape index (κ2) is 7.58. The van der Waals surface area contributed by atoms with Crippen LogP contribution in [0.4, 0.5) is 0 Å². The molecule has 0 aromatic carbocycles. The van der Waals surface area contributed by atoms with E-state index in [1.54, 1.807) is 0 Å². The molecule has 2 amide bonds. The highest BCUT2D eigenvalue weighted by Gasteiger charge is 2.29. The largest absolute Gasteiger partial charge is 0.346 e. The van der Waals surface area contributed by atoms with Crippen LogP contribution in [-0.4, -0.2) is 43.8 Å². The maximum atomic E-state index is 12.3. The van der Waals surface area contributed by atoms with Gasteiger partial charge < -0.3 is 10.6 Å². The maximum absolute atomic E-state index is 12.3. The Morgan fingerprint density at radius 1 is 0.792 bits per heavy atom. The Labute approximate surface area is 139 Å². The highest BCUT2D eigenvalue weighted by Crippen LogP contribution is 2.19. The van der Waals surface area contributed by atoms with Crippen LogP contribution in [0.15, 0.2) is 37.2 Å². The van der Waals surface area contributed by atoms with Gasteiger partial charge in [-0.2, -0.15) is 0 Å². The number of nitrogens with one attached hydrogen (secondary N) is 2. The minimum Gasteiger partial charge on any atom is -0.346 e. The van der Waals surface area contributed by atoms with Crippen molar-refractivity contribution in [3.8, 4) is 0 Å². The van der Waals surface area contributed by atoms with Crippen molar-refractivity contribution in [2.45, 2.75) is 37.8 Å². The van der Waals surface area contributed by atoms with Crippen LogP contribution in [0, 0.1) is 0 Å². The van der Waals surface area contributed by atoms with Crippen LogP contribution in [0.25, 0.3) is 0 Å². The van der Waals surface area contributed by atoms with E-state index in [2.05, 4.69) is 30.6 Å². The number of amides is 2. The fourth-order valence-electron chi connectivity index (χ4n) is 2.79. The van der Waals surface area contributed by atoms with Gasteiger partial charge in [0, 0.05) is 36.9 Å². The van der Waals surface area contributed by atoms with E-state index in [0.29, 0.717) is 0 Å². The fourth-order valence-corrected chi connectivity index (χ4v) is 2.79. The summed E-state index contributed by atoms with van der Waals surface area (Å²) in [4.78, 5) is 40.3. The molecule has 124 valence electrons. The van der Waals surface area contributed by atoms with Crippen molar-refractivity contribution in [2.75, 3.05) is 0 Å². The van der Waals surface area contributed by atoms with Crippen molar-refractivity contribution < 1.29 is 9.59 Å². The van der Waals surface area contributed by atoms with Gasteiger partial charge in [0.15, 0.2) is 0 Å². The Morgan fingerprint density at radius 2 is 1.25 bits per heavy atom. The molecule has 2 unspecified atom stereocenters. The molecule has 2 heterocycles. The highest BCUT2D eigenvalue weighted by atomic mass is 16.2. The monoisotopic (exact) mass is 326 g/mol. The zero-order valence-electron chi connectivity index (χ0n) is 13.1. The fraction of sp³-hybridized carbons (Fsp3) is 0.375. The standard InChI is InChI=1S/C16H18N6O2/c23-15(13-9-17-5-7-19-13)21-11-3-1-2-4-12(11)22-16(24)14-10-18-6-8-20-14/h5-12H,1-4H2,(H,21,23)(H,22,24). The topological polar surface area (TPSA) is 110 Å². The molecule has 2 atom stereocenters. The molecule has 0 aliphatic heterocycles. The molecule has 0 bridgehead atoms. The van der Waals surface area contributed by atoms with Crippen LogP contribution in [-0.2, 0) is 0 Å². The van der Waals surface area contributed by atoms with Gasteiger partial charge >= 0.3 is 0 Å². The molecule has 1 saturated carbocycles. The van der Waals surface area contributed by atoms with Crippen molar-refractivity contribution >= 4 is 11.8 Å². The average Bonchev–Trinajstić information content (AvgIpc) is 2.64. The number of carbonyl (C=O) groups is 2. The molecule has 3 rings (SSSR count). The van der Waals surface area contributed by atoms with E-state index >= 15 is 0 Å². The lowest BCUT2D eigenvalue weighted by Gasteiger charge is -2.32. The van der Waals surface area contributed by atoms with Gasteiger partial charge in [-0.15, -0.1) is 0 Å². The summed E-state index contributed by atoms with van der Waals surface area (Å²) in [5, 5.41) is 5.90. The smallest absolute Gasteiger partial charge is 0.271 e. The van der Waals surface area contributed by atoms with Crippen molar-refractivity contribution in [3.05, 3.63) is 48.6 Å². The molecule has 1 aliphatic rings. The van der Waals surface area contributed by atoms with Gasteiger partial charge in [-0.1, -0.05) is 12.8 Å². The number of carbonyl (C=O) groups excluding carboxylic acids is 2. The molecule has 1 aliphatic carbocycles. The van der Waals surface area contributed by atoms with Crippen molar-refractivity contribution in [1.82, 2.24) is 30.6 Å². The van der Waals surface area contributed by atoms with Crippen LogP contribution in [0.5, 0.6) is 0 Å². The van der Waals surface area contributed by atoms with Gasteiger partial charge in [0.2, 0.25) is 0 Å². The summed E-state index contributed by atoms with van der Waals surface area (Å²) >= 11 is 0. The second-order valence-corrected chi connectivity index (χ2v) is 5.63. The first-order valence-corrected chi connectivity index (χ1v) is 7.88. The van der Waals surface area contributed by atoms with Gasteiger partial charge in [0.1, 0.15) is 11.4 Å². The van der Waals surface area contributed by atoms with Crippen LogP contribution in [0.1, 0.15) is 46.7 Å². The maximum Gasteiger partial charge on any atom is 0.271 e. The van der Waals surface area contributed by atoms with Gasteiger partial charge in [-0.3, -0.25) is 19.6 Å². The summed E-state index contributed by atoms with van der Waals surface area (Å²) in [5.74, 6) is -0.567. The molecule has 2 N–H and O–H groups in total. The molecule has 8 heteroatoms. The van der Waals surface area contributed by atoms with E-state index < -0.39 is 0 Å². The third-order valence-electron chi connectivity index (χ3n) is 3.99. The number of aromatic nitrogens is 4. The van der Waals surface area contributed by atoms with Crippen LogP contribution in [0.2, 0.25) is 0 Å². The molecule has 1 fully saturated rings. The first-order valence-electron chi connectivity index (χ1n) is 7.88. The third-order valence-corrected chi connectivity index (χ3v) is 3.99. The zero-order chi connectivity index (χ0) is 16.8. The SMILES string of the molecule is O=C(NC1CCCCC1NC(=O)c1cnccn1)c1cnccn1. The molecule has 8 nitrogen and oxygen atoms in total. The lowest BCUT2D eigenvalue weighted by molar-refractivity contribution is 0.0857. The van der Waals surface area contributed by atoms with E-state index in [-0.39, 0.29) is 35.3 Å². The Balaban J connectivity index is 1.65. The predicted octanol–water partition coefficient (Wildman–Crippen LogP) is 0.738. The minimum atomic E-state index is -0.284. The summed E-state index contributed by atoms with van der Waals surface area (Å²) in [6.07, 6.45) is 12.4. The van der Waals surface area contributed by atoms with Gasteiger partial charge in [0.05, 0.1) is 12.4 Å². The van der Waals surface area contributed by atoms with Crippen molar-refractivity contribution in [3.63, 3.8) is 0 Å². The number of hydrogen-bond acceptors (Lipinski definition) is 6. The predicted molar refractivity (Wildman–Crippen MR) is 85.0 cm³/mol. The summed E-state index contributed by atoms with van der Waals surface area (Å²) in [6.45, 7) is 0. The third kappa shape index (κ3) is 3.89. The number of rotatable bonds is 4. The number of nitrogens with zero attached hydrogens (tertiary/aromatic N) is 4. The lowest BCUT2D eigenvalue weighted by atomic mass is 9.90. The quantitative estimate of drug-likeness (QED) is 0.857. The molecular weight excluding hydrogens is 308 g/mol. The van der Waals surface area contributed by atoms with E-state index in [1.165, 1.54) is 37.2 Å². The minimum absolute atomic E-state index is 0.145. The highest BCUT2D eigenvalue weighted by molar-refractivity contribution is 5.93. The van der Waals surface area contributed by atoms with E-state index in [0.717, 1.165) is 25.7 Å². The Morgan fingerprint density at radius 3 is 1.62 bits per heavy atom. The molecule has 2 aromatic rings. The zero-order valence-corrected chi connectivity index (χ0v) is 13.1. The summed E-state index contributed by atoms with van der Waals surface area (Å²) in [7, 11) is 0. The number of hydrogen-bond donors (Lipinski definition) is 2. The Bertz CT molecular complexity index is 633. The Kier molecular flexibility index (Phi) is 5.05. The molecule has 0 saturated heterocycles. The van der Waals surface area contributed by atoms with E-state index in [9.17, 15) is 9.59 Å². The van der Waals surface area contributed by atoms with Gasteiger partial charge in [0.25, 0.3) is 11.8 Å². The molecule has 0 spiro atoms. The summed E-state index contributed by atoms with van der Waals surface area (Å²) in [5.41, 5.74) is 0.532. The molecular formula is C16H18N6O2. The van der Waals surface area contributed by atoms with Crippen molar-refractivity contribution in [1.29, 1.82) is 0 Å². The van der Waals surface area contributed by atoms with Crippen LogP contribution < -0.4 is 10.6 Å². The lowest BCUT2D eigenvalue weighted by Crippen LogP contribution is -2.53. The molecule has 2 aromatic heterocycles. The first kappa shape index (κ1) is 16.0. The van der Waals surface area contributed by atoms with Crippen LogP contribution >= 0.6 is 0 Å². The van der Waals surface area contributed by atoms with E-state index in [4.69, 9.17) is 0 Å². The van der Waals surface area contributed by atoms with Gasteiger partial charge in [-0.25, -0.2) is 9.97 Å². The Hall–Kier alpha value is -2.90. The van der Waals surface area contributed by atoms with Crippen LogP contribution in [0.3, 0.4) is 0 Å². The summed E-state index contributed by atoms with van der Waals surface area (Å²) < 4.78 is 0. The van der Waals surface area contributed by atoms with Crippen molar-refractivity contribution in [2.24, 2.45) is 0 Å². The molecule has 24 heavy (non-hydrogen) atoms. The first-order chi connectivity index (χ1) is 11.7. The molecule has 0 radical (unpaired) electrons. The van der Waals surface area contributed by atoms with Gasteiger partial charge in [-0.05, 0) is 12.8 Å². The summed E-state index contributed by atoms with van der Waals surface area (Å²) in [6, 6.07) is -0.289.